The van der Waals surface area contributed by atoms with E-state index in [9.17, 15) is 32.6 Å². The van der Waals surface area contributed by atoms with Crippen LogP contribution in [0.3, 0.4) is 0 Å². The topological polar surface area (TPSA) is 98.9 Å². The standard InChI is InChI=1S/C26H24F4N4O3/c1-14-22(11-23(36)37)34(33-24(14)26(28,29)30)19-6-3-16(4-7-19)9-18-12-31-25(32-15(18)2)20-10-17(13-35)5-8-21(20)27/h3-8,10,12,14,22,35H,9,11,13H2,1-2H3,(H,36,37)/t14-,22-/m0/s1. The maximum atomic E-state index is 14.3. The number of aryl methyl sites for hydroxylation is 1. The highest BCUT2D eigenvalue weighted by Crippen LogP contribution is 2.36. The van der Waals surface area contributed by atoms with E-state index in [1.807, 2.05) is 0 Å². The number of aromatic nitrogens is 2. The van der Waals surface area contributed by atoms with Gasteiger partial charge in [0.25, 0.3) is 0 Å². The molecule has 2 heterocycles. The molecule has 1 aliphatic heterocycles. The van der Waals surface area contributed by atoms with Gasteiger partial charge < -0.3 is 10.2 Å². The summed E-state index contributed by atoms with van der Waals surface area (Å²) in [5.74, 6) is -2.62. The van der Waals surface area contributed by atoms with Crippen LogP contribution in [-0.4, -0.2) is 44.1 Å². The number of aliphatic hydroxyl groups is 1. The number of aliphatic carboxylic acids is 1. The molecule has 0 amide bonds. The fourth-order valence-electron chi connectivity index (χ4n) is 4.31. The number of halogens is 4. The smallest absolute Gasteiger partial charge is 0.431 e. The summed E-state index contributed by atoms with van der Waals surface area (Å²) >= 11 is 0. The minimum atomic E-state index is -4.66. The lowest BCUT2D eigenvalue weighted by molar-refractivity contribution is -0.137. The van der Waals surface area contributed by atoms with Crippen LogP contribution in [-0.2, 0) is 17.8 Å². The molecule has 1 aliphatic rings. The highest BCUT2D eigenvalue weighted by Gasteiger charge is 2.48. The van der Waals surface area contributed by atoms with Crippen LogP contribution in [0.1, 0.15) is 35.7 Å². The van der Waals surface area contributed by atoms with Gasteiger partial charge in [-0.1, -0.05) is 25.1 Å². The number of carbonyl (C=O) groups is 1. The van der Waals surface area contributed by atoms with Crippen LogP contribution in [0.2, 0.25) is 0 Å². The molecule has 0 radical (unpaired) electrons. The maximum absolute atomic E-state index is 14.3. The Balaban J connectivity index is 1.55. The van der Waals surface area contributed by atoms with Gasteiger partial charge in [0, 0.05) is 24.2 Å². The van der Waals surface area contributed by atoms with Gasteiger partial charge in [-0.05, 0) is 47.9 Å². The van der Waals surface area contributed by atoms with Crippen LogP contribution >= 0.6 is 0 Å². The van der Waals surface area contributed by atoms with E-state index in [2.05, 4.69) is 15.1 Å². The van der Waals surface area contributed by atoms with Crippen LogP contribution in [0.4, 0.5) is 23.2 Å². The molecular weight excluding hydrogens is 492 g/mol. The number of carboxylic acids is 1. The minimum Gasteiger partial charge on any atom is -0.481 e. The average molecular weight is 516 g/mol. The van der Waals surface area contributed by atoms with Crippen LogP contribution in [0.25, 0.3) is 11.4 Å². The van der Waals surface area contributed by atoms with E-state index in [4.69, 9.17) is 0 Å². The summed E-state index contributed by atoms with van der Waals surface area (Å²) in [4.78, 5) is 20.0. The zero-order valence-corrected chi connectivity index (χ0v) is 20.0. The quantitative estimate of drug-likeness (QED) is 0.434. The Kier molecular flexibility index (Phi) is 7.26. The van der Waals surface area contributed by atoms with E-state index in [0.717, 1.165) is 16.1 Å². The third kappa shape index (κ3) is 5.61. The first-order chi connectivity index (χ1) is 17.5. The summed E-state index contributed by atoms with van der Waals surface area (Å²) in [5.41, 5.74) is 2.27. The van der Waals surface area contributed by atoms with Crippen molar-refractivity contribution in [2.75, 3.05) is 5.01 Å². The Morgan fingerprint density at radius 3 is 2.38 bits per heavy atom. The number of hydrazone groups is 1. The number of anilines is 1. The van der Waals surface area contributed by atoms with E-state index in [-0.39, 0.29) is 18.0 Å². The molecule has 0 unspecified atom stereocenters. The Labute approximate surface area is 210 Å². The Morgan fingerprint density at radius 1 is 1.11 bits per heavy atom. The van der Waals surface area contributed by atoms with Gasteiger partial charge in [0.05, 0.1) is 30.3 Å². The van der Waals surface area contributed by atoms with Gasteiger partial charge in [0.15, 0.2) is 5.82 Å². The lowest BCUT2D eigenvalue weighted by Gasteiger charge is -2.25. The van der Waals surface area contributed by atoms with Gasteiger partial charge in [-0.15, -0.1) is 0 Å². The molecule has 194 valence electrons. The SMILES string of the molecule is Cc1nc(-c2cc(CO)ccc2F)ncc1Cc1ccc(N2N=C(C(F)(F)F)[C@@H](C)[C@@H]2CC(=O)O)cc1. The molecular formula is C26H24F4N4O3. The van der Waals surface area contributed by atoms with E-state index in [0.29, 0.717) is 23.4 Å². The molecule has 37 heavy (non-hydrogen) atoms. The second-order valence-corrected chi connectivity index (χ2v) is 8.90. The van der Waals surface area contributed by atoms with Crippen molar-refractivity contribution in [1.82, 2.24) is 9.97 Å². The van der Waals surface area contributed by atoms with Crippen LogP contribution in [0, 0.1) is 18.7 Å². The van der Waals surface area contributed by atoms with Crippen LogP contribution in [0.5, 0.6) is 0 Å². The fraction of sp³-hybridized carbons (Fsp3) is 0.308. The molecule has 2 aromatic carbocycles. The first-order valence-electron chi connectivity index (χ1n) is 11.5. The van der Waals surface area contributed by atoms with Gasteiger partial charge >= 0.3 is 12.1 Å². The summed E-state index contributed by atoms with van der Waals surface area (Å²) in [7, 11) is 0. The predicted octanol–water partition coefficient (Wildman–Crippen LogP) is 4.89. The monoisotopic (exact) mass is 516 g/mol. The summed E-state index contributed by atoms with van der Waals surface area (Å²) in [6, 6.07) is 9.89. The average Bonchev–Trinajstić information content (AvgIpc) is 3.17. The van der Waals surface area contributed by atoms with Gasteiger partial charge in [-0.3, -0.25) is 9.80 Å². The molecule has 7 nitrogen and oxygen atoms in total. The molecule has 0 saturated carbocycles. The molecule has 1 aromatic heterocycles. The van der Waals surface area contributed by atoms with E-state index in [1.54, 1.807) is 37.4 Å². The number of rotatable bonds is 7. The summed E-state index contributed by atoms with van der Waals surface area (Å²) < 4.78 is 54.5. The first-order valence-corrected chi connectivity index (χ1v) is 11.5. The van der Waals surface area contributed by atoms with Crippen molar-refractivity contribution >= 4 is 17.4 Å². The summed E-state index contributed by atoms with van der Waals surface area (Å²) in [6.07, 6.45) is -3.15. The van der Waals surface area contributed by atoms with Crippen LogP contribution < -0.4 is 5.01 Å². The Bertz CT molecular complexity index is 1340. The molecule has 0 fully saturated rings. The second kappa shape index (κ2) is 10.3. The zero-order valence-electron chi connectivity index (χ0n) is 20.0. The third-order valence-electron chi connectivity index (χ3n) is 6.34. The molecule has 2 N–H and O–H groups in total. The highest BCUT2D eigenvalue weighted by molar-refractivity contribution is 5.95. The third-order valence-corrected chi connectivity index (χ3v) is 6.34. The highest BCUT2D eigenvalue weighted by atomic mass is 19.4. The molecule has 0 saturated heterocycles. The van der Waals surface area contributed by atoms with E-state index < -0.39 is 42.1 Å². The van der Waals surface area contributed by atoms with Gasteiger partial charge in [-0.2, -0.15) is 18.3 Å². The van der Waals surface area contributed by atoms with E-state index >= 15 is 0 Å². The van der Waals surface area contributed by atoms with Crippen molar-refractivity contribution in [2.45, 2.75) is 45.5 Å². The zero-order chi connectivity index (χ0) is 26.9. The normalized spacial score (nSPS) is 17.7. The number of hydrogen-bond donors (Lipinski definition) is 2. The van der Waals surface area contributed by atoms with Crippen molar-refractivity contribution in [3.05, 3.63) is 76.9 Å². The van der Waals surface area contributed by atoms with Crippen LogP contribution in [0.15, 0.2) is 53.8 Å². The first kappa shape index (κ1) is 26.2. The lowest BCUT2D eigenvalue weighted by Crippen LogP contribution is -2.36. The molecule has 2 atom stereocenters. The molecule has 0 aliphatic carbocycles. The number of alkyl halides is 3. The predicted molar refractivity (Wildman–Crippen MR) is 129 cm³/mol. The minimum absolute atomic E-state index is 0.181. The van der Waals surface area contributed by atoms with Gasteiger partial charge in [0.2, 0.25) is 0 Å². The van der Waals surface area contributed by atoms with Crippen molar-refractivity contribution in [2.24, 2.45) is 11.0 Å². The largest absolute Gasteiger partial charge is 0.481 e. The lowest BCUT2D eigenvalue weighted by atomic mass is 9.94. The Hall–Kier alpha value is -3.86. The van der Waals surface area contributed by atoms with Crippen molar-refractivity contribution in [3.8, 4) is 11.4 Å². The number of benzene rings is 2. The number of nitrogens with zero attached hydrogens (tertiary/aromatic N) is 4. The fourth-order valence-corrected chi connectivity index (χ4v) is 4.31. The van der Waals surface area contributed by atoms with Crippen molar-refractivity contribution in [1.29, 1.82) is 0 Å². The number of carboxylic acid groups (broad SMARTS) is 1. The molecule has 4 rings (SSSR count). The van der Waals surface area contributed by atoms with Gasteiger partial charge in [-0.25, -0.2) is 14.4 Å². The molecule has 0 spiro atoms. The molecule has 3 aromatic rings. The molecule has 11 heteroatoms. The van der Waals surface area contributed by atoms with Crippen molar-refractivity contribution < 1.29 is 32.6 Å². The van der Waals surface area contributed by atoms with Gasteiger partial charge in [0.1, 0.15) is 11.5 Å². The van der Waals surface area contributed by atoms with Crippen molar-refractivity contribution in [3.63, 3.8) is 0 Å². The second-order valence-electron chi connectivity index (χ2n) is 8.90. The van der Waals surface area contributed by atoms with E-state index in [1.165, 1.54) is 25.1 Å². The summed E-state index contributed by atoms with van der Waals surface area (Å²) in [5, 5.41) is 23.4. The molecule has 0 bridgehead atoms. The Morgan fingerprint density at radius 2 is 1.78 bits per heavy atom. The maximum Gasteiger partial charge on any atom is 0.431 e. The summed E-state index contributed by atoms with van der Waals surface area (Å²) in [6.45, 7) is 2.85. The number of aliphatic hydroxyl groups excluding tert-OH is 1. The number of hydrogen-bond acceptors (Lipinski definition) is 6.